The lowest BCUT2D eigenvalue weighted by molar-refractivity contribution is 0.0943. The van der Waals surface area contributed by atoms with E-state index in [1.165, 1.54) is 4.68 Å². The molecular formula is C23H26N4O3. The Labute approximate surface area is 175 Å². The Morgan fingerprint density at radius 1 is 1.00 bits per heavy atom. The van der Waals surface area contributed by atoms with Crippen LogP contribution in [0.5, 0.6) is 0 Å². The summed E-state index contributed by atoms with van der Waals surface area (Å²) in [6, 6.07) is 14.1. The van der Waals surface area contributed by atoms with Crippen LogP contribution in [0.15, 0.2) is 53.3 Å². The second-order valence-corrected chi connectivity index (χ2v) is 7.09. The summed E-state index contributed by atoms with van der Waals surface area (Å²) in [4.78, 5) is 37.5. The SMILES string of the molecule is CCCCCn1nc(C(=O)NCc2cccc(C(=O)NC)c2)c2ccccc2c1=O. The van der Waals surface area contributed by atoms with Gasteiger partial charge >= 0.3 is 0 Å². The van der Waals surface area contributed by atoms with Crippen molar-refractivity contribution in [2.75, 3.05) is 7.05 Å². The van der Waals surface area contributed by atoms with Crippen LogP contribution in [-0.4, -0.2) is 28.6 Å². The van der Waals surface area contributed by atoms with Crippen LogP contribution < -0.4 is 16.2 Å². The van der Waals surface area contributed by atoms with Crippen LogP contribution in [0.1, 0.15) is 52.6 Å². The van der Waals surface area contributed by atoms with Crippen molar-refractivity contribution in [3.63, 3.8) is 0 Å². The van der Waals surface area contributed by atoms with Gasteiger partial charge in [-0.2, -0.15) is 5.10 Å². The molecule has 0 spiro atoms. The van der Waals surface area contributed by atoms with Crippen molar-refractivity contribution in [2.45, 2.75) is 39.3 Å². The second kappa shape index (κ2) is 9.82. The zero-order valence-corrected chi connectivity index (χ0v) is 17.3. The third-order valence-electron chi connectivity index (χ3n) is 4.93. The highest BCUT2D eigenvalue weighted by atomic mass is 16.2. The lowest BCUT2D eigenvalue weighted by Crippen LogP contribution is -2.30. The Morgan fingerprint density at radius 2 is 1.77 bits per heavy atom. The molecule has 1 heterocycles. The molecule has 156 valence electrons. The molecule has 7 nitrogen and oxygen atoms in total. The summed E-state index contributed by atoms with van der Waals surface area (Å²) in [7, 11) is 1.57. The van der Waals surface area contributed by atoms with Gasteiger partial charge in [0.25, 0.3) is 17.4 Å². The maximum Gasteiger partial charge on any atom is 0.274 e. The highest BCUT2D eigenvalue weighted by molar-refractivity contribution is 6.04. The Morgan fingerprint density at radius 3 is 2.50 bits per heavy atom. The highest BCUT2D eigenvalue weighted by Gasteiger charge is 2.16. The topological polar surface area (TPSA) is 93.1 Å². The van der Waals surface area contributed by atoms with Gasteiger partial charge < -0.3 is 10.6 Å². The molecule has 0 saturated heterocycles. The van der Waals surface area contributed by atoms with E-state index >= 15 is 0 Å². The van der Waals surface area contributed by atoms with E-state index in [1.54, 1.807) is 49.5 Å². The Kier molecular flexibility index (Phi) is 6.95. The number of aryl methyl sites for hydroxylation is 1. The van der Waals surface area contributed by atoms with E-state index in [0.29, 0.717) is 22.9 Å². The Bertz CT molecular complexity index is 1120. The predicted octanol–water partition coefficient (Wildman–Crippen LogP) is 2.88. The lowest BCUT2D eigenvalue weighted by Gasteiger charge is -2.11. The first-order chi connectivity index (χ1) is 14.5. The molecule has 30 heavy (non-hydrogen) atoms. The summed E-state index contributed by atoms with van der Waals surface area (Å²) in [5, 5.41) is 10.8. The Hall–Kier alpha value is -3.48. The van der Waals surface area contributed by atoms with Crippen molar-refractivity contribution in [1.82, 2.24) is 20.4 Å². The first-order valence-electron chi connectivity index (χ1n) is 10.1. The van der Waals surface area contributed by atoms with E-state index in [9.17, 15) is 14.4 Å². The van der Waals surface area contributed by atoms with Gasteiger partial charge in [0.15, 0.2) is 5.69 Å². The summed E-state index contributed by atoms with van der Waals surface area (Å²) < 4.78 is 1.39. The van der Waals surface area contributed by atoms with Gasteiger partial charge in [-0.25, -0.2) is 4.68 Å². The van der Waals surface area contributed by atoms with Gasteiger partial charge in [0.2, 0.25) is 0 Å². The van der Waals surface area contributed by atoms with Crippen molar-refractivity contribution in [3.8, 4) is 0 Å². The molecule has 0 bridgehead atoms. The lowest BCUT2D eigenvalue weighted by atomic mass is 10.1. The van der Waals surface area contributed by atoms with E-state index in [-0.39, 0.29) is 29.6 Å². The third kappa shape index (κ3) is 4.74. The molecule has 2 amide bonds. The molecule has 3 rings (SSSR count). The minimum atomic E-state index is -0.360. The second-order valence-electron chi connectivity index (χ2n) is 7.09. The Balaban J connectivity index is 1.86. The maximum atomic E-state index is 12.9. The third-order valence-corrected chi connectivity index (χ3v) is 4.93. The number of fused-ring (bicyclic) bond motifs is 1. The maximum absolute atomic E-state index is 12.9. The first-order valence-corrected chi connectivity index (χ1v) is 10.1. The summed E-state index contributed by atoms with van der Waals surface area (Å²) in [6.07, 6.45) is 2.85. The normalized spacial score (nSPS) is 10.7. The predicted molar refractivity (Wildman–Crippen MR) is 117 cm³/mol. The van der Waals surface area contributed by atoms with Crippen molar-refractivity contribution >= 4 is 22.6 Å². The fraction of sp³-hybridized carbons (Fsp3) is 0.304. The van der Waals surface area contributed by atoms with Crippen LogP contribution >= 0.6 is 0 Å². The van der Waals surface area contributed by atoms with Gasteiger partial charge in [-0.1, -0.05) is 50.1 Å². The molecule has 0 saturated carbocycles. The molecule has 0 aliphatic carbocycles. The minimum Gasteiger partial charge on any atom is -0.355 e. The number of nitrogens with one attached hydrogen (secondary N) is 2. The van der Waals surface area contributed by atoms with Gasteiger partial charge in [0.1, 0.15) is 0 Å². The standard InChI is InChI=1S/C23H26N4O3/c1-3-4-7-13-27-23(30)19-12-6-5-11-18(19)20(26-27)22(29)25-15-16-9-8-10-17(14-16)21(28)24-2/h5-6,8-12,14H,3-4,7,13,15H2,1-2H3,(H,24,28)(H,25,29). The van der Waals surface area contributed by atoms with Crippen molar-refractivity contribution in [1.29, 1.82) is 0 Å². The van der Waals surface area contributed by atoms with Crippen LogP contribution in [0.4, 0.5) is 0 Å². The molecule has 1 aromatic heterocycles. The minimum absolute atomic E-state index is 0.184. The van der Waals surface area contributed by atoms with Crippen LogP contribution in [0.3, 0.4) is 0 Å². The number of carbonyl (C=O) groups is 2. The summed E-state index contributed by atoms with van der Waals surface area (Å²) in [5.74, 6) is -0.546. The molecule has 7 heteroatoms. The zero-order chi connectivity index (χ0) is 21.5. The average Bonchev–Trinajstić information content (AvgIpc) is 2.78. The average molecular weight is 406 g/mol. The van der Waals surface area contributed by atoms with Crippen LogP contribution in [-0.2, 0) is 13.1 Å². The molecule has 2 aromatic carbocycles. The number of rotatable bonds is 8. The largest absolute Gasteiger partial charge is 0.355 e. The van der Waals surface area contributed by atoms with Crippen molar-refractivity contribution in [3.05, 3.63) is 75.7 Å². The number of carbonyl (C=O) groups excluding carboxylic acids is 2. The number of hydrogen-bond acceptors (Lipinski definition) is 4. The summed E-state index contributed by atoms with van der Waals surface area (Å²) in [5.41, 5.74) is 1.36. The smallest absolute Gasteiger partial charge is 0.274 e. The number of benzene rings is 2. The number of aromatic nitrogens is 2. The van der Waals surface area contributed by atoms with Crippen LogP contribution in [0.25, 0.3) is 10.8 Å². The van der Waals surface area contributed by atoms with Gasteiger partial charge in [-0.15, -0.1) is 0 Å². The molecule has 0 radical (unpaired) electrons. The molecule has 3 aromatic rings. The molecule has 0 aliphatic heterocycles. The first kappa shape index (κ1) is 21.2. The molecule has 2 N–H and O–H groups in total. The van der Waals surface area contributed by atoms with E-state index in [4.69, 9.17) is 0 Å². The summed E-state index contributed by atoms with van der Waals surface area (Å²) in [6.45, 7) is 2.81. The van der Waals surface area contributed by atoms with E-state index in [2.05, 4.69) is 22.7 Å². The highest BCUT2D eigenvalue weighted by Crippen LogP contribution is 2.14. The number of unbranched alkanes of at least 4 members (excludes halogenated alkanes) is 2. The molecule has 0 atom stereocenters. The fourth-order valence-electron chi connectivity index (χ4n) is 3.30. The quantitative estimate of drug-likeness (QED) is 0.563. The van der Waals surface area contributed by atoms with E-state index in [1.807, 2.05) is 6.07 Å². The monoisotopic (exact) mass is 406 g/mol. The van der Waals surface area contributed by atoms with Gasteiger partial charge in [0.05, 0.1) is 5.39 Å². The van der Waals surface area contributed by atoms with Gasteiger partial charge in [-0.05, 0) is 30.2 Å². The van der Waals surface area contributed by atoms with Crippen LogP contribution in [0.2, 0.25) is 0 Å². The van der Waals surface area contributed by atoms with E-state index in [0.717, 1.165) is 24.8 Å². The van der Waals surface area contributed by atoms with E-state index < -0.39 is 0 Å². The van der Waals surface area contributed by atoms with Crippen molar-refractivity contribution < 1.29 is 9.59 Å². The zero-order valence-electron chi connectivity index (χ0n) is 17.3. The number of nitrogens with zero attached hydrogens (tertiary/aromatic N) is 2. The van der Waals surface area contributed by atoms with Crippen LogP contribution in [0, 0.1) is 0 Å². The number of hydrogen-bond donors (Lipinski definition) is 2. The van der Waals surface area contributed by atoms with Crippen molar-refractivity contribution in [2.24, 2.45) is 0 Å². The molecule has 0 fully saturated rings. The molecular weight excluding hydrogens is 380 g/mol. The molecule has 0 unspecified atom stereocenters. The summed E-state index contributed by atoms with van der Waals surface area (Å²) >= 11 is 0. The fourth-order valence-corrected chi connectivity index (χ4v) is 3.30. The molecule has 0 aliphatic rings. The van der Waals surface area contributed by atoms with Gasteiger partial charge in [0, 0.05) is 31.1 Å². The van der Waals surface area contributed by atoms with Gasteiger partial charge in [-0.3, -0.25) is 14.4 Å². The number of amides is 2.